The minimum atomic E-state index is -1.05. The zero-order valence-corrected chi connectivity index (χ0v) is 12.0. The Morgan fingerprint density at radius 2 is 2.05 bits per heavy atom. The lowest BCUT2D eigenvalue weighted by molar-refractivity contribution is -0.143. The van der Waals surface area contributed by atoms with E-state index >= 15 is 0 Å². The number of halogens is 2. The van der Waals surface area contributed by atoms with Gasteiger partial charge in [-0.05, 0) is 48.1 Å². The van der Waals surface area contributed by atoms with Crippen LogP contribution in [0.3, 0.4) is 0 Å². The molecular weight excluding hydrogens is 291 g/mol. The lowest BCUT2D eigenvalue weighted by Crippen LogP contribution is -2.36. The van der Waals surface area contributed by atoms with Gasteiger partial charge in [-0.25, -0.2) is 4.39 Å². The quantitative estimate of drug-likeness (QED) is 0.931. The van der Waals surface area contributed by atoms with Crippen molar-refractivity contribution in [1.29, 1.82) is 0 Å². The fourth-order valence-corrected chi connectivity index (χ4v) is 3.32. The number of carboxylic acids is 1. The minimum Gasteiger partial charge on any atom is -0.481 e. The number of aryl methyl sites for hydroxylation is 1. The molecule has 2 aromatic carbocycles. The molecule has 1 aliphatic carbocycles. The molecule has 0 fully saturated rings. The normalized spacial score (nSPS) is 20.3. The van der Waals surface area contributed by atoms with Crippen molar-refractivity contribution < 1.29 is 14.3 Å². The van der Waals surface area contributed by atoms with Gasteiger partial charge in [-0.2, -0.15) is 0 Å². The topological polar surface area (TPSA) is 37.3 Å². The van der Waals surface area contributed by atoms with E-state index in [-0.39, 0.29) is 6.42 Å². The van der Waals surface area contributed by atoms with Gasteiger partial charge in [0, 0.05) is 5.02 Å². The summed E-state index contributed by atoms with van der Waals surface area (Å²) >= 11 is 5.76. The van der Waals surface area contributed by atoms with E-state index in [2.05, 4.69) is 0 Å². The first-order chi connectivity index (χ1) is 10.0. The lowest BCUT2D eigenvalue weighted by Gasteiger charge is -2.26. The van der Waals surface area contributed by atoms with Gasteiger partial charge in [0.05, 0.1) is 5.41 Å². The van der Waals surface area contributed by atoms with E-state index in [0.29, 0.717) is 23.4 Å². The fraction of sp³-hybridized carbons (Fsp3) is 0.235. The third-order valence-electron chi connectivity index (χ3n) is 4.27. The van der Waals surface area contributed by atoms with Gasteiger partial charge in [0.25, 0.3) is 0 Å². The van der Waals surface area contributed by atoms with Crippen molar-refractivity contribution in [2.45, 2.75) is 24.7 Å². The van der Waals surface area contributed by atoms with Crippen molar-refractivity contribution >= 4 is 17.6 Å². The summed E-state index contributed by atoms with van der Waals surface area (Å²) in [6.45, 7) is 0. The first kappa shape index (κ1) is 14.1. The van der Waals surface area contributed by atoms with Crippen LogP contribution in [-0.4, -0.2) is 11.1 Å². The van der Waals surface area contributed by atoms with Crippen molar-refractivity contribution in [2.24, 2.45) is 0 Å². The van der Waals surface area contributed by atoms with Gasteiger partial charge in [-0.15, -0.1) is 0 Å². The van der Waals surface area contributed by atoms with Gasteiger partial charge in [0.1, 0.15) is 5.82 Å². The van der Waals surface area contributed by atoms with E-state index in [9.17, 15) is 14.3 Å². The van der Waals surface area contributed by atoms with Crippen LogP contribution >= 0.6 is 11.6 Å². The van der Waals surface area contributed by atoms with Crippen molar-refractivity contribution in [2.75, 3.05) is 0 Å². The van der Waals surface area contributed by atoms with Crippen molar-refractivity contribution in [3.05, 3.63) is 70.0 Å². The molecule has 4 heteroatoms. The van der Waals surface area contributed by atoms with E-state index in [1.165, 1.54) is 6.07 Å². The van der Waals surface area contributed by atoms with Gasteiger partial charge in [0.15, 0.2) is 0 Å². The van der Waals surface area contributed by atoms with Crippen molar-refractivity contribution in [3.63, 3.8) is 0 Å². The van der Waals surface area contributed by atoms with Gasteiger partial charge >= 0.3 is 5.97 Å². The van der Waals surface area contributed by atoms with Crippen molar-refractivity contribution in [1.82, 2.24) is 0 Å². The standard InChI is InChI=1S/C17H14ClFO2/c18-13-6-5-12(15(19)9-13)10-17(16(20)21)8-7-11-3-1-2-4-14(11)17/h1-6,9H,7-8,10H2,(H,20,21). The number of benzene rings is 2. The zero-order valence-electron chi connectivity index (χ0n) is 11.3. The van der Waals surface area contributed by atoms with Crippen LogP contribution in [0.4, 0.5) is 4.39 Å². The van der Waals surface area contributed by atoms with E-state index in [1.807, 2.05) is 24.3 Å². The molecule has 2 nitrogen and oxygen atoms in total. The first-order valence-corrected chi connectivity index (χ1v) is 7.16. The Hall–Kier alpha value is -1.87. The van der Waals surface area contributed by atoms with Crippen LogP contribution in [-0.2, 0) is 23.1 Å². The Bertz CT molecular complexity index is 714. The van der Waals surface area contributed by atoms with E-state index < -0.39 is 17.2 Å². The molecule has 3 rings (SSSR count). The number of carbonyl (C=O) groups is 1. The monoisotopic (exact) mass is 304 g/mol. The van der Waals surface area contributed by atoms with Crippen LogP contribution in [0, 0.1) is 5.82 Å². The molecule has 21 heavy (non-hydrogen) atoms. The molecule has 1 aliphatic rings. The third kappa shape index (κ3) is 2.32. The van der Waals surface area contributed by atoms with Gasteiger partial charge in [-0.3, -0.25) is 4.79 Å². The SMILES string of the molecule is O=C(O)C1(Cc2ccc(Cl)cc2F)CCc2ccccc21. The molecule has 0 saturated carbocycles. The number of hydrogen-bond donors (Lipinski definition) is 1. The maximum Gasteiger partial charge on any atom is 0.314 e. The maximum atomic E-state index is 14.0. The average Bonchev–Trinajstić information content (AvgIpc) is 2.82. The highest BCUT2D eigenvalue weighted by Crippen LogP contribution is 2.42. The van der Waals surface area contributed by atoms with E-state index in [1.54, 1.807) is 12.1 Å². The zero-order chi connectivity index (χ0) is 15.0. The summed E-state index contributed by atoms with van der Waals surface area (Å²) in [5, 5.41) is 10.1. The molecule has 108 valence electrons. The summed E-state index contributed by atoms with van der Waals surface area (Å²) in [6, 6.07) is 11.9. The molecule has 0 spiro atoms. The molecule has 0 saturated heterocycles. The van der Waals surface area contributed by atoms with Crippen molar-refractivity contribution in [3.8, 4) is 0 Å². The second-order valence-electron chi connectivity index (χ2n) is 5.46. The average molecular weight is 305 g/mol. The molecule has 1 atom stereocenters. The minimum absolute atomic E-state index is 0.141. The summed E-state index contributed by atoms with van der Waals surface area (Å²) in [5.41, 5.74) is 1.17. The van der Waals surface area contributed by atoms with Gasteiger partial charge in [-0.1, -0.05) is 41.9 Å². The van der Waals surface area contributed by atoms with Crippen LogP contribution in [0.15, 0.2) is 42.5 Å². The summed E-state index contributed by atoms with van der Waals surface area (Å²) in [5.74, 6) is -1.35. The molecular formula is C17H14ClFO2. The molecule has 0 radical (unpaired) electrons. The molecule has 0 heterocycles. The Morgan fingerprint density at radius 3 is 2.76 bits per heavy atom. The summed E-state index contributed by atoms with van der Waals surface area (Å²) in [7, 11) is 0. The highest BCUT2D eigenvalue weighted by atomic mass is 35.5. The van der Waals surface area contributed by atoms with E-state index in [4.69, 9.17) is 11.6 Å². The summed E-state index contributed by atoms with van der Waals surface area (Å²) in [4.78, 5) is 11.9. The lowest BCUT2D eigenvalue weighted by atomic mass is 9.76. The number of aliphatic carboxylic acids is 1. The molecule has 0 bridgehead atoms. The van der Waals surface area contributed by atoms with Gasteiger partial charge in [0.2, 0.25) is 0 Å². The van der Waals surface area contributed by atoms with Crippen LogP contribution in [0.1, 0.15) is 23.1 Å². The third-order valence-corrected chi connectivity index (χ3v) is 4.51. The number of rotatable bonds is 3. The van der Waals surface area contributed by atoms with E-state index in [0.717, 1.165) is 11.1 Å². The van der Waals surface area contributed by atoms with Crippen LogP contribution in [0.2, 0.25) is 5.02 Å². The summed E-state index contributed by atoms with van der Waals surface area (Å²) < 4.78 is 14.0. The smallest absolute Gasteiger partial charge is 0.314 e. The molecule has 1 N–H and O–H groups in total. The second-order valence-corrected chi connectivity index (χ2v) is 5.89. The van der Waals surface area contributed by atoms with Crippen LogP contribution < -0.4 is 0 Å². The van der Waals surface area contributed by atoms with Crippen LogP contribution in [0.25, 0.3) is 0 Å². The Labute approximate surface area is 127 Å². The Balaban J connectivity index is 2.06. The molecule has 1 unspecified atom stereocenters. The number of hydrogen-bond acceptors (Lipinski definition) is 1. The highest BCUT2D eigenvalue weighted by Gasteiger charge is 2.45. The number of fused-ring (bicyclic) bond motifs is 1. The largest absolute Gasteiger partial charge is 0.481 e. The Morgan fingerprint density at radius 1 is 1.29 bits per heavy atom. The predicted molar refractivity (Wildman–Crippen MR) is 79.2 cm³/mol. The Kier molecular flexibility index (Phi) is 3.46. The maximum absolute atomic E-state index is 14.0. The number of carboxylic acid groups (broad SMARTS) is 1. The predicted octanol–water partition coefficient (Wildman–Crippen LogP) is 3.99. The van der Waals surface area contributed by atoms with Crippen LogP contribution in [0.5, 0.6) is 0 Å². The first-order valence-electron chi connectivity index (χ1n) is 6.79. The molecule has 0 aromatic heterocycles. The highest BCUT2D eigenvalue weighted by molar-refractivity contribution is 6.30. The van der Waals surface area contributed by atoms with Gasteiger partial charge < -0.3 is 5.11 Å². The molecule has 0 aliphatic heterocycles. The fourth-order valence-electron chi connectivity index (χ4n) is 3.16. The summed E-state index contributed by atoms with van der Waals surface area (Å²) in [6.07, 6.45) is 1.34. The molecule has 0 amide bonds. The second kappa shape index (κ2) is 5.15. The molecule has 2 aromatic rings.